The predicted molar refractivity (Wildman–Crippen MR) is 98.8 cm³/mol. The van der Waals surface area contributed by atoms with Gasteiger partial charge in [-0.3, -0.25) is 5.10 Å². The number of nitrogens with one attached hydrogen (secondary N) is 3. The fraction of sp³-hybridized carbons (Fsp3) is 0.333. The van der Waals surface area contributed by atoms with E-state index in [-0.39, 0.29) is 0 Å². The third-order valence-corrected chi connectivity index (χ3v) is 4.02. The van der Waals surface area contributed by atoms with E-state index in [1.165, 1.54) is 12.1 Å². The van der Waals surface area contributed by atoms with Crippen molar-refractivity contribution in [2.45, 2.75) is 39.7 Å². The summed E-state index contributed by atoms with van der Waals surface area (Å²) in [6.07, 6.45) is 1.44. The Morgan fingerprint density at radius 3 is 2.48 bits per heavy atom. The maximum atomic E-state index is 14.0. The van der Waals surface area contributed by atoms with Gasteiger partial charge in [0, 0.05) is 29.8 Å². The number of halogens is 2. The molecule has 9 heteroatoms. The lowest BCUT2D eigenvalue weighted by Crippen LogP contribution is -2.14. The van der Waals surface area contributed by atoms with Crippen LogP contribution in [0.1, 0.15) is 43.9 Å². The van der Waals surface area contributed by atoms with Gasteiger partial charge in [-0.1, -0.05) is 19.9 Å². The van der Waals surface area contributed by atoms with Crippen molar-refractivity contribution >= 4 is 17.7 Å². The molecule has 0 aliphatic rings. The molecular weight excluding hydrogens is 352 g/mol. The summed E-state index contributed by atoms with van der Waals surface area (Å²) in [6, 6.07) is 4.90. The molecule has 0 aliphatic carbocycles. The molecule has 3 aromatic rings. The first-order chi connectivity index (χ1) is 13.0. The van der Waals surface area contributed by atoms with Crippen LogP contribution >= 0.6 is 0 Å². The molecule has 0 amide bonds. The predicted octanol–water partition coefficient (Wildman–Crippen LogP) is 3.91. The van der Waals surface area contributed by atoms with Crippen LogP contribution < -0.4 is 10.6 Å². The molecule has 0 fully saturated rings. The Bertz CT molecular complexity index is 926. The number of aryl methyl sites for hydroxylation is 2. The third-order valence-electron chi connectivity index (χ3n) is 4.02. The molecule has 1 unspecified atom stereocenters. The number of hydrogen-bond acceptors (Lipinski definition) is 6. The van der Waals surface area contributed by atoms with E-state index in [0.717, 1.165) is 18.2 Å². The molecule has 0 aliphatic heterocycles. The van der Waals surface area contributed by atoms with Gasteiger partial charge in [0.1, 0.15) is 17.5 Å². The van der Waals surface area contributed by atoms with Crippen molar-refractivity contribution < 1.29 is 8.78 Å². The smallest absolute Gasteiger partial charge is 0.233 e. The van der Waals surface area contributed by atoms with Crippen LogP contribution in [0, 0.1) is 11.6 Å². The fourth-order valence-corrected chi connectivity index (χ4v) is 2.54. The number of H-pyrrole nitrogens is 1. The first-order valence-corrected chi connectivity index (χ1v) is 8.76. The number of aromatic nitrogens is 5. The topological polar surface area (TPSA) is 91.4 Å². The van der Waals surface area contributed by atoms with Crippen LogP contribution in [0.3, 0.4) is 0 Å². The average molecular weight is 373 g/mol. The summed E-state index contributed by atoms with van der Waals surface area (Å²) >= 11 is 0. The second-order valence-corrected chi connectivity index (χ2v) is 6.04. The maximum absolute atomic E-state index is 14.0. The van der Waals surface area contributed by atoms with Gasteiger partial charge in [-0.15, -0.1) is 0 Å². The van der Waals surface area contributed by atoms with E-state index in [9.17, 15) is 8.78 Å². The van der Waals surface area contributed by atoms with Gasteiger partial charge in [0.15, 0.2) is 5.82 Å². The standard InChI is InChI=1S/C18H21F2N7/c1-4-12-9-16(27-26-12)24-18-23-15(5-2)22-17(25-18)21-10(3)13-7-6-11(19)8-14(13)20/h6-10H,4-5H2,1-3H3,(H3,21,22,23,24,25,26,27). The molecule has 2 aromatic heterocycles. The molecular formula is C18H21F2N7. The summed E-state index contributed by atoms with van der Waals surface area (Å²) < 4.78 is 27.1. The Morgan fingerprint density at radius 1 is 1.04 bits per heavy atom. The van der Waals surface area contributed by atoms with E-state index in [2.05, 4.69) is 35.8 Å². The highest BCUT2D eigenvalue weighted by Gasteiger charge is 2.15. The summed E-state index contributed by atoms with van der Waals surface area (Å²) in [5.74, 6) is 0.573. The summed E-state index contributed by atoms with van der Waals surface area (Å²) in [7, 11) is 0. The largest absolute Gasteiger partial charge is 0.347 e. The molecule has 0 spiro atoms. The molecule has 0 bridgehead atoms. The highest BCUT2D eigenvalue weighted by atomic mass is 19.1. The van der Waals surface area contributed by atoms with Crippen LogP contribution in [0.25, 0.3) is 0 Å². The lowest BCUT2D eigenvalue weighted by molar-refractivity contribution is 0.566. The van der Waals surface area contributed by atoms with Crippen LogP contribution in [-0.2, 0) is 12.8 Å². The second-order valence-electron chi connectivity index (χ2n) is 6.04. The minimum Gasteiger partial charge on any atom is -0.347 e. The molecule has 2 heterocycles. The molecule has 0 radical (unpaired) electrons. The van der Waals surface area contributed by atoms with Gasteiger partial charge >= 0.3 is 0 Å². The van der Waals surface area contributed by atoms with E-state index < -0.39 is 17.7 Å². The van der Waals surface area contributed by atoms with Crippen LogP contribution in [0.15, 0.2) is 24.3 Å². The monoisotopic (exact) mass is 373 g/mol. The minimum absolute atomic E-state index is 0.298. The number of nitrogens with zero attached hydrogens (tertiary/aromatic N) is 4. The van der Waals surface area contributed by atoms with Gasteiger partial charge in [-0.05, 0) is 19.4 Å². The molecule has 27 heavy (non-hydrogen) atoms. The normalized spacial score (nSPS) is 12.0. The van der Waals surface area contributed by atoms with Crippen molar-refractivity contribution in [2.75, 3.05) is 10.6 Å². The van der Waals surface area contributed by atoms with Gasteiger partial charge in [0.25, 0.3) is 0 Å². The van der Waals surface area contributed by atoms with E-state index in [4.69, 9.17) is 0 Å². The fourth-order valence-electron chi connectivity index (χ4n) is 2.54. The van der Waals surface area contributed by atoms with Crippen molar-refractivity contribution in [3.8, 4) is 0 Å². The Morgan fingerprint density at radius 2 is 1.81 bits per heavy atom. The van der Waals surface area contributed by atoms with Crippen molar-refractivity contribution in [1.29, 1.82) is 0 Å². The SMILES string of the molecule is CCc1nc(Nc2cc(CC)[nH]n2)nc(NC(C)c2ccc(F)cc2F)n1. The zero-order valence-electron chi connectivity index (χ0n) is 15.3. The molecule has 7 nitrogen and oxygen atoms in total. The van der Waals surface area contributed by atoms with Gasteiger partial charge in [0.05, 0.1) is 6.04 Å². The molecule has 1 atom stereocenters. The van der Waals surface area contributed by atoms with Gasteiger partial charge in [0.2, 0.25) is 11.9 Å². The van der Waals surface area contributed by atoms with E-state index in [1.54, 1.807) is 6.92 Å². The molecule has 1 aromatic carbocycles. The lowest BCUT2D eigenvalue weighted by atomic mass is 10.1. The second kappa shape index (κ2) is 8.07. The first kappa shape index (κ1) is 18.7. The average Bonchev–Trinajstić information content (AvgIpc) is 3.08. The highest BCUT2D eigenvalue weighted by Crippen LogP contribution is 2.22. The van der Waals surface area contributed by atoms with Crippen LogP contribution in [0.5, 0.6) is 0 Å². The molecule has 142 valence electrons. The minimum atomic E-state index is -0.623. The number of hydrogen-bond donors (Lipinski definition) is 3. The molecule has 0 saturated heterocycles. The van der Waals surface area contributed by atoms with Crippen molar-refractivity contribution in [3.63, 3.8) is 0 Å². The van der Waals surface area contributed by atoms with Gasteiger partial charge < -0.3 is 10.6 Å². The summed E-state index contributed by atoms with van der Waals surface area (Å²) in [4.78, 5) is 13.0. The maximum Gasteiger partial charge on any atom is 0.233 e. The Labute approximate surface area is 155 Å². The zero-order chi connectivity index (χ0) is 19.4. The third kappa shape index (κ3) is 4.55. The highest BCUT2D eigenvalue weighted by molar-refractivity contribution is 5.49. The van der Waals surface area contributed by atoms with E-state index >= 15 is 0 Å². The van der Waals surface area contributed by atoms with Crippen molar-refractivity contribution in [2.24, 2.45) is 0 Å². The summed E-state index contributed by atoms with van der Waals surface area (Å²) in [6.45, 7) is 5.70. The number of anilines is 3. The first-order valence-electron chi connectivity index (χ1n) is 8.76. The van der Waals surface area contributed by atoms with Crippen molar-refractivity contribution in [1.82, 2.24) is 25.1 Å². The number of rotatable bonds is 7. The van der Waals surface area contributed by atoms with E-state index in [0.29, 0.717) is 35.5 Å². The zero-order valence-corrected chi connectivity index (χ0v) is 15.3. The van der Waals surface area contributed by atoms with Crippen LogP contribution in [0.2, 0.25) is 0 Å². The van der Waals surface area contributed by atoms with Crippen LogP contribution in [-0.4, -0.2) is 25.1 Å². The lowest BCUT2D eigenvalue weighted by Gasteiger charge is -2.16. The summed E-state index contributed by atoms with van der Waals surface area (Å²) in [5.41, 5.74) is 1.31. The molecule has 0 saturated carbocycles. The van der Waals surface area contributed by atoms with Gasteiger partial charge in [-0.2, -0.15) is 20.1 Å². The van der Waals surface area contributed by atoms with Gasteiger partial charge in [-0.25, -0.2) is 8.78 Å². The quantitative estimate of drug-likeness (QED) is 0.582. The summed E-state index contributed by atoms with van der Waals surface area (Å²) in [5, 5.41) is 13.1. The van der Waals surface area contributed by atoms with Crippen molar-refractivity contribution in [3.05, 3.63) is 53.0 Å². The molecule has 3 rings (SSSR count). The Balaban J connectivity index is 1.82. The van der Waals surface area contributed by atoms with E-state index in [1.807, 2.05) is 19.9 Å². The Kier molecular flexibility index (Phi) is 5.58. The number of benzene rings is 1. The molecule has 3 N–H and O–H groups in total. The number of aromatic amines is 1. The van der Waals surface area contributed by atoms with Crippen LogP contribution in [0.4, 0.5) is 26.5 Å². The Hall–Kier alpha value is -3.10.